The van der Waals surface area contributed by atoms with Crippen molar-refractivity contribution in [3.05, 3.63) is 23.6 Å². The Labute approximate surface area is 73.7 Å². The van der Waals surface area contributed by atoms with Crippen LogP contribution in [0.5, 0.6) is 5.75 Å². The van der Waals surface area contributed by atoms with E-state index >= 15 is 0 Å². The number of rotatable bonds is 1. The number of aromatic nitrogens is 3. The van der Waals surface area contributed by atoms with Crippen LogP contribution in [0, 0.1) is 0 Å². The van der Waals surface area contributed by atoms with E-state index in [1.54, 1.807) is 30.0 Å². The van der Waals surface area contributed by atoms with Crippen LogP contribution < -0.4 is 4.74 Å². The van der Waals surface area contributed by atoms with Gasteiger partial charge in [-0.05, 0) is 17.7 Å². The second-order valence-corrected chi connectivity index (χ2v) is 2.59. The minimum Gasteiger partial charge on any atom is -0.497 e. The van der Waals surface area contributed by atoms with Crippen LogP contribution in [0.3, 0.4) is 0 Å². The third-order valence-electron chi connectivity index (χ3n) is 1.52. The molecular weight excluding hydrogens is 178 g/mol. The van der Waals surface area contributed by atoms with E-state index in [0.717, 1.165) is 5.75 Å². The van der Waals surface area contributed by atoms with Gasteiger partial charge in [-0.15, -0.1) is 5.10 Å². The highest BCUT2D eigenvalue weighted by molar-refractivity contribution is 6.28. The van der Waals surface area contributed by atoms with Crippen molar-refractivity contribution in [2.45, 2.75) is 0 Å². The van der Waals surface area contributed by atoms with Crippen LogP contribution in [0.2, 0.25) is 5.28 Å². The SMILES string of the molecule is COc1ccn2nc(Cl)nc2c1. The van der Waals surface area contributed by atoms with Crippen LogP contribution in [0.15, 0.2) is 18.3 Å². The minimum absolute atomic E-state index is 0.239. The van der Waals surface area contributed by atoms with Crippen LogP contribution in [-0.4, -0.2) is 21.7 Å². The maximum atomic E-state index is 5.59. The van der Waals surface area contributed by atoms with Crippen LogP contribution >= 0.6 is 11.6 Å². The molecule has 12 heavy (non-hydrogen) atoms. The lowest BCUT2D eigenvalue weighted by molar-refractivity contribution is 0.414. The summed E-state index contributed by atoms with van der Waals surface area (Å²) in [5.74, 6) is 0.742. The molecule has 2 heterocycles. The van der Waals surface area contributed by atoms with E-state index in [1.165, 1.54) is 0 Å². The highest BCUT2D eigenvalue weighted by Crippen LogP contribution is 2.13. The van der Waals surface area contributed by atoms with E-state index in [0.29, 0.717) is 5.65 Å². The quantitative estimate of drug-likeness (QED) is 0.671. The fraction of sp³-hybridized carbons (Fsp3) is 0.143. The van der Waals surface area contributed by atoms with Crippen molar-refractivity contribution < 1.29 is 4.74 Å². The molecular formula is C7H6ClN3O. The summed E-state index contributed by atoms with van der Waals surface area (Å²) in [5, 5.41) is 4.14. The fourth-order valence-electron chi connectivity index (χ4n) is 0.963. The zero-order valence-corrected chi connectivity index (χ0v) is 7.12. The van der Waals surface area contributed by atoms with Gasteiger partial charge in [-0.3, -0.25) is 0 Å². The van der Waals surface area contributed by atoms with E-state index in [1.807, 2.05) is 0 Å². The Balaban J connectivity index is 2.66. The average Bonchev–Trinajstić information content (AvgIpc) is 2.43. The van der Waals surface area contributed by atoms with Crippen LogP contribution in [0.25, 0.3) is 5.65 Å². The van der Waals surface area contributed by atoms with Gasteiger partial charge < -0.3 is 4.74 Å². The van der Waals surface area contributed by atoms with Gasteiger partial charge >= 0.3 is 0 Å². The van der Waals surface area contributed by atoms with Gasteiger partial charge in [0.25, 0.3) is 0 Å². The van der Waals surface area contributed by atoms with E-state index in [9.17, 15) is 0 Å². The molecule has 4 nitrogen and oxygen atoms in total. The summed E-state index contributed by atoms with van der Waals surface area (Å²) in [6.45, 7) is 0. The third kappa shape index (κ3) is 1.10. The number of halogens is 1. The van der Waals surface area contributed by atoms with E-state index in [-0.39, 0.29) is 5.28 Å². The van der Waals surface area contributed by atoms with Gasteiger partial charge in [0, 0.05) is 12.3 Å². The Morgan fingerprint density at radius 2 is 2.42 bits per heavy atom. The van der Waals surface area contributed by atoms with Crippen molar-refractivity contribution in [3.63, 3.8) is 0 Å². The van der Waals surface area contributed by atoms with Crippen molar-refractivity contribution in [3.8, 4) is 5.75 Å². The average molecular weight is 184 g/mol. The highest BCUT2D eigenvalue weighted by Gasteiger charge is 2.00. The standard InChI is InChI=1S/C7H6ClN3O/c1-12-5-2-3-11-6(4-5)9-7(8)10-11/h2-4H,1H3. The molecule has 5 heteroatoms. The summed E-state index contributed by atoms with van der Waals surface area (Å²) in [4.78, 5) is 3.96. The van der Waals surface area contributed by atoms with E-state index in [4.69, 9.17) is 16.3 Å². The molecule has 0 aromatic carbocycles. The monoisotopic (exact) mass is 183 g/mol. The van der Waals surface area contributed by atoms with Crippen LogP contribution in [-0.2, 0) is 0 Å². The zero-order chi connectivity index (χ0) is 8.55. The molecule has 2 rings (SSSR count). The summed E-state index contributed by atoms with van der Waals surface area (Å²) in [6, 6.07) is 3.55. The van der Waals surface area contributed by atoms with Crippen molar-refractivity contribution in [1.82, 2.24) is 14.6 Å². The first-order valence-electron chi connectivity index (χ1n) is 3.35. The van der Waals surface area contributed by atoms with Crippen molar-refractivity contribution in [2.75, 3.05) is 7.11 Å². The number of fused-ring (bicyclic) bond motifs is 1. The maximum absolute atomic E-state index is 5.59. The Morgan fingerprint density at radius 3 is 3.17 bits per heavy atom. The second kappa shape index (κ2) is 2.64. The van der Waals surface area contributed by atoms with Crippen molar-refractivity contribution in [1.29, 1.82) is 0 Å². The molecule has 0 aliphatic heterocycles. The first-order chi connectivity index (χ1) is 5.79. The summed E-state index contributed by atoms with van der Waals surface area (Å²) in [5.41, 5.74) is 0.680. The lowest BCUT2D eigenvalue weighted by Crippen LogP contribution is -1.88. The predicted molar refractivity (Wildman–Crippen MR) is 44.5 cm³/mol. The topological polar surface area (TPSA) is 39.4 Å². The zero-order valence-electron chi connectivity index (χ0n) is 6.36. The molecule has 0 unspecified atom stereocenters. The third-order valence-corrected chi connectivity index (χ3v) is 1.68. The Morgan fingerprint density at radius 1 is 1.58 bits per heavy atom. The Bertz CT molecular complexity index is 412. The molecule has 0 saturated heterocycles. The number of hydrogen-bond acceptors (Lipinski definition) is 3. The van der Waals surface area contributed by atoms with Crippen molar-refractivity contribution in [2.24, 2.45) is 0 Å². The molecule has 0 amide bonds. The predicted octanol–water partition coefficient (Wildman–Crippen LogP) is 1.39. The van der Waals surface area contributed by atoms with Gasteiger partial charge in [-0.25, -0.2) is 4.52 Å². The molecule has 2 aromatic rings. The van der Waals surface area contributed by atoms with E-state index in [2.05, 4.69) is 10.1 Å². The van der Waals surface area contributed by atoms with Gasteiger partial charge in [0.05, 0.1) is 7.11 Å². The Hall–Kier alpha value is -1.29. The molecule has 62 valence electrons. The summed E-state index contributed by atoms with van der Waals surface area (Å²) in [7, 11) is 1.60. The van der Waals surface area contributed by atoms with Gasteiger partial charge in [0.2, 0.25) is 5.28 Å². The first-order valence-corrected chi connectivity index (χ1v) is 3.73. The summed E-state index contributed by atoms with van der Waals surface area (Å²) in [6.07, 6.45) is 1.74. The molecule has 0 atom stereocenters. The minimum atomic E-state index is 0.239. The van der Waals surface area contributed by atoms with Gasteiger partial charge in [0.15, 0.2) is 5.65 Å². The molecule has 0 aliphatic rings. The van der Waals surface area contributed by atoms with Gasteiger partial charge in [-0.1, -0.05) is 0 Å². The molecule has 2 aromatic heterocycles. The molecule has 0 aliphatic carbocycles. The number of nitrogens with zero attached hydrogens (tertiary/aromatic N) is 3. The summed E-state index contributed by atoms with van der Waals surface area (Å²) < 4.78 is 6.60. The smallest absolute Gasteiger partial charge is 0.243 e. The van der Waals surface area contributed by atoms with Crippen molar-refractivity contribution >= 4 is 17.2 Å². The largest absolute Gasteiger partial charge is 0.497 e. The number of methoxy groups -OCH3 is 1. The Kier molecular flexibility index (Phi) is 1.62. The van der Waals surface area contributed by atoms with Crippen LogP contribution in [0.1, 0.15) is 0 Å². The first kappa shape index (κ1) is 7.36. The van der Waals surface area contributed by atoms with Gasteiger partial charge in [-0.2, -0.15) is 4.98 Å². The normalized spacial score (nSPS) is 10.5. The number of ether oxygens (including phenoxy) is 1. The lowest BCUT2D eigenvalue weighted by atomic mass is 10.4. The second-order valence-electron chi connectivity index (χ2n) is 2.25. The molecule has 0 bridgehead atoms. The molecule has 0 saturated carbocycles. The van der Waals surface area contributed by atoms with E-state index < -0.39 is 0 Å². The molecule has 0 fully saturated rings. The molecule has 0 spiro atoms. The fourth-order valence-corrected chi connectivity index (χ4v) is 1.13. The number of pyridine rings is 1. The maximum Gasteiger partial charge on any atom is 0.243 e. The molecule has 0 N–H and O–H groups in total. The lowest BCUT2D eigenvalue weighted by Gasteiger charge is -1.97. The highest BCUT2D eigenvalue weighted by atomic mass is 35.5. The summed E-state index contributed by atoms with van der Waals surface area (Å²) >= 11 is 5.59. The van der Waals surface area contributed by atoms with Gasteiger partial charge in [0.1, 0.15) is 5.75 Å². The molecule has 0 radical (unpaired) electrons. The number of hydrogen-bond donors (Lipinski definition) is 0. The van der Waals surface area contributed by atoms with Crippen LogP contribution in [0.4, 0.5) is 0 Å².